The van der Waals surface area contributed by atoms with E-state index in [0.717, 1.165) is 48.3 Å². The molecule has 5 heteroatoms. The maximum Gasteiger partial charge on any atom is 0.213 e. The van der Waals surface area contributed by atoms with E-state index in [9.17, 15) is 9.90 Å². The summed E-state index contributed by atoms with van der Waals surface area (Å²) in [6.45, 7) is 3.71. The molecular formula is C26H28N2O3. The molecule has 1 aliphatic heterocycles. The second-order valence-electron chi connectivity index (χ2n) is 7.80. The average molecular weight is 417 g/mol. The molecule has 1 atom stereocenters. The van der Waals surface area contributed by atoms with Crippen molar-refractivity contribution < 1.29 is 14.6 Å². The molecule has 4 rings (SSSR count). The van der Waals surface area contributed by atoms with Crippen molar-refractivity contribution in [3.05, 3.63) is 89.1 Å². The minimum Gasteiger partial charge on any atom is -0.472 e. The Morgan fingerprint density at radius 1 is 1.13 bits per heavy atom. The first-order valence-corrected chi connectivity index (χ1v) is 10.9. The number of ketones is 1. The highest BCUT2D eigenvalue weighted by Gasteiger charge is 2.26. The second kappa shape index (κ2) is 9.75. The van der Waals surface area contributed by atoms with Gasteiger partial charge < -0.3 is 14.7 Å². The molecule has 0 aliphatic carbocycles. The summed E-state index contributed by atoms with van der Waals surface area (Å²) in [5.41, 5.74) is 4.50. The van der Waals surface area contributed by atoms with Gasteiger partial charge in [0.15, 0.2) is 5.78 Å². The van der Waals surface area contributed by atoms with Crippen LogP contribution >= 0.6 is 0 Å². The van der Waals surface area contributed by atoms with Gasteiger partial charge in [0.25, 0.3) is 0 Å². The number of rotatable bonds is 8. The van der Waals surface area contributed by atoms with Crippen LogP contribution in [-0.2, 0) is 12.8 Å². The lowest BCUT2D eigenvalue weighted by molar-refractivity contribution is 0.103. The van der Waals surface area contributed by atoms with Crippen molar-refractivity contribution in [1.82, 2.24) is 4.98 Å². The standard InChI is InChI=1S/C26H28N2O3/c1-2-19-7-3-4-8-23(19)26(30)21-10-11-24(20(17-21)13-16-29)28-15-12-22(18-28)31-25-9-5-6-14-27-25/h3-11,14,17,22,29H,2,12-13,15-16,18H2,1H3/t22-/m0/s1. The highest BCUT2D eigenvalue weighted by Crippen LogP contribution is 2.29. The summed E-state index contributed by atoms with van der Waals surface area (Å²) >= 11 is 0. The fourth-order valence-corrected chi connectivity index (χ4v) is 4.19. The van der Waals surface area contributed by atoms with Crippen molar-refractivity contribution in [1.29, 1.82) is 0 Å². The molecule has 1 aliphatic rings. The fourth-order valence-electron chi connectivity index (χ4n) is 4.19. The molecule has 2 aromatic carbocycles. The first-order chi connectivity index (χ1) is 15.2. The maximum atomic E-state index is 13.2. The molecular weight excluding hydrogens is 388 g/mol. The Labute approximate surface area is 183 Å². The lowest BCUT2D eigenvalue weighted by atomic mass is 9.95. The number of hydrogen-bond acceptors (Lipinski definition) is 5. The lowest BCUT2D eigenvalue weighted by Crippen LogP contribution is -2.26. The van der Waals surface area contributed by atoms with Crippen molar-refractivity contribution in [2.75, 3.05) is 24.6 Å². The summed E-state index contributed by atoms with van der Waals surface area (Å²) < 4.78 is 6.02. The summed E-state index contributed by atoms with van der Waals surface area (Å²) in [6.07, 6.45) is 4.02. The average Bonchev–Trinajstić information content (AvgIpc) is 3.27. The van der Waals surface area contributed by atoms with Crippen LogP contribution in [-0.4, -0.2) is 41.7 Å². The Bertz CT molecular complexity index is 1040. The van der Waals surface area contributed by atoms with E-state index >= 15 is 0 Å². The fraction of sp³-hybridized carbons (Fsp3) is 0.308. The number of nitrogens with zero attached hydrogens (tertiary/aromatic N) is 2. The summed E-state index contributed by atoms with van der Waals surface area (Å²) in [4.78, 5) is 19.7. The molecule has 1 saturated heterocycles. The second-order valence-corrected chi connectivity index (χ2v) is 7.80. The van der Waals surface area contributed by atoms with E-state index in [1.807, 2.05) is 60.7 Å². The summed E-state index contributed by atoms with van der Waals surface area (Å²) in [7, 11) is 0. The topological polar surface area (TPSA) is 62.7 Å². The van der Waals surface area contributed by atoms with E-state index in [1.54, 1.807) is 6.20 Å². The number of carbonyl (C=O) groups is 1. The molecule has 1 fully saturated rings. The van der Waals surface area contributed by atoms with Crippen LogP contribution in [0.5, 0.6) is 5.88 Å². The van der Waals surface area contributed by atoms with E-state index in [1.165, 1.54) is 0 Å². The Kier molecular flexibility index (Phi) is 6.63. The van der Waals surface area contributed by atoms with Crippen molar-refractivity contribution in [2.24, 2.45) is 0 Å². The zero-order valence-electron chi connectivity index (χ0n) is 17.8. The smallest absolute Gasteiger partial charge is 0.213 e. The van der Waals surface area contributed by atoms with Gasteiger partial charge in [-0.25, -0.2) is 4.98 Å². The highest BCUT2D eigenvalue weighted by molar-refractivity contribution is 6.10. The van der Waals surface area contributed by atoms with E-state index in [2.05, 4.69) is 16.8 Å². The zero-order chi connectivity index (χ0) is 21.6. The van der Waals surface area contributed by atoms with Crippen LogP contribution < -0.4 is 9.64 Å². The van der Waals surface area contributed by atoms with Gasteiger partial charge in [0.05, 0.1) is 6.54 Å². The molecule has 2 heterocycles. The quantitative estimate of drug-likeness (QED) is 0.561. The number of aryl methyl sites for hydroxylation is 1. The Morgan fingerprint density at radius 2 is 1.97 bits per heavy atom. The van der Waals surface area contributed by atoms with Gasteiger partial charge in [-0.15, -0.1) is 0 Å². The molecule has 1 N–H and O–H groups in total. The van der Waals surface area contributed by atoms with Crippen LogP contribution in [0.15, 0.2) is 66.9 Å². The number of hydrogen-bond donors (Lipinski definition) is 1. The predicted molar refractivity (Wildman–Crippen MR) is 122 cm³/mol. The minimum atomic E-state index is 0.0287. The number of aromatic nitrogens is 1. The number of pyridine rings is 1. The molecule has 3 aromatic rings. The molecule has 0 spiro atoms. The van der Waals surface area contributed by atoms with Crippen molar-refractivity contribution in [3.8, 4) is 5.88 Å². The van der Waals surface area contributed by atoms with E-state index in [0.29, 0.717) is 17.9 Å². The monoisotopic (exact) mass is 416 g/mol. The van der Waals surface area contributed by atoms with Crippen molar-refractivity contribution >= 4 is 11.5 Å². The van der Waals surface area contributed by atoms with Gasteiger partial charge in [-0.3, -0.25) is 4.79 Å². The van der Waals surface area contributed by atoms with Gasteiger partial charge in [-0.2, -0.15) is 0 Å². The zero-order valence-corrected chi connectivity index (χ0v) is 17.8. The van der Waals surface area contributed by atoms with E-state index < -0.39 is 0 Å². The third-order valence-corrected chi connectivity index (χ3v) is 5.78. The predicted octanol–water partition coefficient (Wildman–Crippen LogP) is 4.07. The number of aliphatic hydroxyl groups is 1. The molecule has 31 heavy (non-hydrogen) atoms. The third-order valence-electron chi connectivity index (χ3n) is 5.78. The molecule has 0 radical (unpaired) electrons. The summed E-state index contributed by atoms with van der Waals surface area (Å²) in [5.74, 6) is 0.668. The van der Waals surface area contributed by atoms with E-state index in [-0.39, 0.29) is 18.5 Å². The third kappa shape index (κ3) is 4.78. The van der Waals surface area contributed by atoms with Crippen molar-refractivity contribution in [3.63, 3.8) is 0 Å². The van der Waals surface area contributed by atoms with Gasteiger partial charge in [-0.05, 0) is 48.2 Å². The van der Waals surface area contributed by atoms with Crippen LogP contribution in [0.25, 0.3) is 0 Å². The lowest BCUT2D eigenvalue weighted by Gasteiger charge is -2.23. The number of aliphatic hydroxyl groups excluding tert-OH is 1. The minimum absolute atomic E-state index is 0.0287. The molecule has 0 amide bonds. The first kappa shape index (κ1) is 21.1. The molecule has 0 saturated carbocycles. The van der Waals surface area contributed by atoms with Crippen LogP contribution in [0, 0.1) is 0 Å². The van der Waals surface area contributed by atoms with Gasteiger partial charge >= 0.3 is 0 Å². The normalized spacial score (nSPS) is 15.8. The van der Waals surface area contributed by atoms with Gasteiger partial charge in [-0.1, -0.05) is 37.3 Å². The maximum absolute atomic E-state index is 13.2. The number of anilines is 1. The van der Waals surface area contributed by atoms with E-state index in [4.69, 9.17) is 4.74 Å². The van der Waals surface area contributed by atoms with Gasteiger partial charge in [0, 0.05) is 48.6 Å². The number of carbonyl (C=O) groups excluding carboxylic acids is 1. The molecule has 1 aromatic heterocycles. The van der Waals surface area contributed by atoms with Crippen LogP contribution in [0.2, 0.25) is 0 Å². The highest BCUT2D eigenvalue weighted by atomic mass is 16.5. The molecule has 0 unspecified atom stereocenters. The number of ether oxygens (including phenoxy) is 1. The van der Waals surface area contributed by atoms with Crippen LogP contribution in [0.4, 0.5) is 5.69 Å². The SMILES string of the molecule is CCc1ccccc1C(=O)c1ccc(N2CC[C@H](Oc3ccccn3)C2)c(CCO)c1. The molecule has 160 valence electrons. The Balaban J connectivity index is 1.54. The Morgan fingerprint density at radius 3 is 2.74 bits per heavy atom. The van der Waals surface area contributed by atoms with Crippen LogP contribution in [0.1, 0.15) is 40.4 Å². The van der Waals surface area contributed by atoms with Gasteiger partial charge in [0.2, 0.25) is 5.88 Å². The number of benzene rings is 2. The molecule has 0 bridgehead atoms. The first-order valence-electron chi connectivity index (χ1n) is 10.9. The molecule has 5 nitrogen and oxygen atoms in total. The van der Waals surface area contributed by atoms with Crippen LogP contribution in [0.3, 0.4) is 0 Å². The van der Waals surface area contributed by atoms with Crippen molar-refractivity contribution in [2.45, 2.75) is 32.3 Å². The largest absolute Gasteiger partial charge is 0.472 e. The Hall–Kier alpha value is -3.18. The summed E-state index contributed by atoms with van der Waals surface area (Å²) in [6, 6.07) is 19.3. The van der Waals surface area contributed by atoms with Gasteiger partial charge in [0.1, 0.15) is 6.10 Å². The summed E-state index contributed by atoms with van der Waals surface area (Å²) in [5, 5.41) is 9.63.